The summed E-state index contributed by atoms with van der Waals surface area (Å²) in [6.07, 6.45) is 3.64. The van der Waals surface area contributed by atoms with Crippen LogP contribution in [0.25, 0.3) is 5.69 Å². The van der Waals surface area contributed by atoms with Gasteiger partial charge in [0.05, 0.1) is 6.61 Å². The first-order valence-corrected chi connectivity index (χ1v) is 6.20. The van der Waals surface area contributed by atoms with Crippen LogP contribution >= 0.6 is 23.4 Å². The third kappa shape index (κ3) is 2.58. The molecule has 5 heteroatoms. The lowest BCUT2D eigenvalue weighted by Crippen LogP contribution is -1.96. The van der Waals surface area contributed by atoms with Crippen molar-refractivity contribution >= 4 is 23.4 Å². The van der Waals surface area contributed by atoms with Crippen molar-refractivity contribution in [1.29, 1.82) is 0 Å². The van der Waals surface area contributed by atoms with Gasteiger partial charge in [-0.05, 0) is 24.3 Å². The van der Waals surface area contributed by atoms with Crippen LogP contribution in [0, 0.1) is 0 Å². The van der Waals surface area contributed by atoms with Gasteiger partial charge in [-0.1, -0.05) is 23.4 Å². The van der Waals surface area contributed by atoms with Crippen LogP contribution in [0.15, 0.2) is 41.8 Å². The van der Waals surface area contributed by atoms with Crippen molar-refractivity contribution in [1.82, 2.24) is 9.55 Å². The lowest BCUT2D eigenvalue weighted by molar-refractivity contribution is 0.322. The van der Waals surface area contributed by atoms with Crippen LogP contribution in [0.3, 0.4) is 0 Å². The number of aliphatic hydroxyl groups excluding tert-OH is 1. The number of hydrogen-bond acceptors (Lipinski definition) is 3. The van der Waals surface area contributed by atoms with E-state index in [1.165, 1.54) is 11.8 Å². The standard InChI is InChI=1S/C11H11ClN2OS/c12-9-1-3-10(4-2-9)14-6-5-13-11(14)16-8-7-15/h1-6,15H,7-8H2. The van der Waals surface area contributed by atoms with Crippen molar-refractivity contribution in [2.24, 2.45) is 0 Å². The zero-order chi connectivity index (χ0) is 11.4. The van der Waals surface area contributed by atoms with Gasteiger partial charge < -0.3 is 5.11 Å². The molecule has 0 aliphatic heterocycles. The summed E-state index contributed by atoms with van der Waals surface area (Å²) in [6, 6.07) is 7.56. The molecule has 2 aromatic rings. The van der Waals surface area contributed by atoms with Crippen LogP contribution in [0.4, 0.5) is 0 Å². The highest BCUT2D eigenvalue weighted by atomic mass is 35.5. The highest BCUT2D eigenvalue weighted by molar-refractivity contribution is 7.99. The van der Waals surface area contributed by atoms with Gasteiger partial charge >= 0.3 is 0 Å². The Balaban J connectivity index is 2.26. The van der Waals surface area contributed by atoms with Crippen LogP contribution < -0.4 is 0 Å². The second-order valence-corrected chi connectivity index (χ2v) is 4.63. The van der Waals surface area contributed by atoms with Crippen molar-refractivity contribution < 1.29 is 5.11 Å². The summed E-state index contributed by atoms with van der Waals surface area (Å²) in [5, 5.41) is 10.4. The Bertz CT molecular complexity index is 455. The molecule has 0 amide bonds. The molecule has 2 rings (SSSR count). The quantitative estimate of drug-likeness (QED) is 0.853. The smallest absolute Gasteiger partial charge is 0.172 e. The Morgan fingerprint density at radius 2 is 2.06 bits per heavy atom. The summed E-state index contributed by atoms with van der Waals surface area (Å²) in [7, 11) is 0. The van der Waals surface area contributed by atoms with Crippen LogP contribution in [0.1, 0.15) is 0 Å². The molecule has 0 radical (unpaired) electrons. The molecule has 0 bridgehead atoms. The minimum atomic E-state index is 0.151. The first-order valence-electron chi connectivity index (χ1n) is 4.84. The molecule has 0 atom stereocenters. The fourth-order valence-electron chi connectivity index (χ4n) is 1.33. The van der Waals surface area contributed by atoms with Crippen LogP contribution in [-0.2, 0) is 0 Å². The molecule has 0 saturated heterocycles. The van der Waals surface area contributed by atoms with E-state index in [2.05, 4.69) is 4.98 Å². The molecule has 0 aliphatic carbocycles. The minimum absolute atomic E-state index is 0.151. The van der Waals surface area contributed by atoms with E-state index in [0.29, 0.717) is 10.8 Å². The molecule has 1 aromatic heterocycles. The molecule has 84 valence electrons. The topological polar surface area (TPSA) is 38.1 Å². The van der Waals surface area contributed by atoms with Gasteiger partial charge in [-0.3, -0.25) is 4.57 Å². The predicted octanol–water partition coefficient (Wildman–Crippen LogP) is 2.61. The number of rotatable bonds is 4. The van der Waals surface area contributed by atoms with E-state index in [-0.39, 0.29) is 6.61 Å². The van der Waals surface area contributed by atoms with E-state index in [9.17, 15) is 0 Å². The van der Waals surface area contributed by atoms with Crippen LogP contribution in [-0.4, -0.2) is 27.0 Å². The van der Waals surface area contributed by atoms with Gasteiger partial charge in [0.15, 0.2) is 5.16 Å². The zero-order valence-electron chi connectivity index (χ0n) is 8.51. The average Bonchev–Trinajstić information content (AvgIpc) is 2.75. The van der Waals surface area contributed by atoms with Crippen molar-refractivity contribution in [2.75, 3.05) is 12.4 Å². The summed E-state index contributed by atoms with van der Waals surface area (Å²) in [5.41, 5.74) is 1.02. The van der Waals surface area contributed by atoms with Gasteiger partial charge in [-0.15, -0.1) is 0 Å². The van der Waals surface area contributed by atoms with E-state index < -0.39 is 0 Å². The Morgan fingerprint density at radius 1 is 1.31 bits per heavy atom. The second kappa shape index (κ2) is 5.39. The minimum Gasteiger partial charge on any atom is -0.396 e. The number of aliphatic hydroxyl groups is 1. The number of aromatic nitrogens is 2. The monoisotopic (exact) mass is 254 g/mol. The van der Waals surface area contributed by atoms with Crippen molar-refractivity contribution in [3.63, 3.8) is 0 Å². The van der Waals surface area contributed by atoms with Crippen molar-refractivity contribution in [3.05, 3.63) is 41.7 Å². The van der Waals surface area contributed by atoms with Gasteiger partial charge in [0.2, 0.25) is 0 Å². The van der Waals surface area contributed by atoms with E-state index in [1.807, 2.05) is 35.0 Å². The van der Waals surface area contributed by atoms with Gasteiger partial charge in [-0.2, -0.15) is 0 Å². The van der Waals surface area contributed by atoms with E-state index in [0.717, 1.165) is 10.8 Å². The zero-order valence-corrected chi connectivity index (χ0v) is 10.1. The van der Waals surface area contributed by atoms with Gasteiger partial charge in [0, 0.05) is 28.9 Å². The van der Waals surface area contributed by atoms with Gasteiger partial charge in [0.25, 0.3) is 0 Å². The maximum Gasteiger partial charge on any atom is 0.172 e. The van der Waals surface area contributed by atoms with E-state index >= 15 is 0 Å². The molecule has 16 heavy (non-hydrogen) atoms. The maximum atomic E-state index is 8.79. The molecule has 1 heterocycles. The molecular formula is C11H11ClN2OS. The lowest BCUT2D eigenvalue weighted by Gasteiger charge is -2.06. The molecule has 0 saturated carbocycles. The van der Waals surface area contributed by atoms with Crippen molar-refractivity contribution in [2.45, 2.75) is 5.16 Å². The van der Waals surface area contributed by atoms with Gasteiger partial charge in [0.1, 0.15) is 0 Å². The molecular weight excluding hydrogens is 244 g/mol. The first-order chi connectivity index (χ1) is 7.81. The molecule has 3 nitrogen and oxygen atoms in total. The molecule has 0 aliphatic rings. The first kappa shape index (κ1) is 11.5. The van der Waals surface area contributed by atoms with E-state index in [4.69, 9.17) is 16.7 Å². The van der Waals surface area contributed by atoms with Crippen LogP contribution in [0.2, 0.25) is 5.02 Å². The lowest BCUT2D eigenvalue weighted by atomic mass is 10.3. The summed E-state index contributed by atoms with van der Waals surface area (Å²) in [5.74, 6) is 0.643. The van der Waals surface area contributed by atoms with Gasteiger partial charge in [-0.25, -0.2) is 4.98 Å². The Hall–Kier alpha value is -0.970. The number of nitrogens with zero attached hydrogens (tertiary/aromatic N) is 2. The predicted molar refractivity (Wildman–Crippen MR) is 66.4 cm³/mol. The summed E-state index contributed by atoms with van der Waals surface area (Å²) in [4.78, 5) is 4.23. The largest absolute Gasteiger partial charge is 0.396 e. The number of imidazole rings is 1. The summed E-state index contributed by atoms with van der Waals surface area (Å²) in [6.45, 7) is 0.151. The summed E-state index contributed by atoms with van der Waals surface area (Å²) >= 11 is 7.35. The second-order valence-electron chi connectivity index (χ2n) is 3.13. The number of benzene rings is 1. The molecule has 0 spiro atoms. The Labute approximate surface area is 103 Å². The fraction of sp³-hybridized carbons (Fsp3) is 0.182. The Morgan fingerprint density at radius 3 is 2.75 bits per heavy atom. The third-order valence-corrected chi connectivity index (χ3v) is 3.23. The third-order valence-electron chi connectivity index (χ3n) is 2.03. The number of halogens is 1. The van der Waals surface area contributed by atoms with E-state index in [1.54, 1.807) is 6.20 Å². The number of hydrogen-bond donors (Lipinski definition) is 1. The highest BCUT2D eigenvalue weighted by Crippen LogP contribution is 2.21. The summed E-state index contributed by atoms with van der Waals surface area (Å²) < 4.78 is 1.97. The maximum absolute atomic E-state index is 8.79. The molecule has 0 unspecified atom stereocenters. The van der Waals surface area contributed by atoms with Crippen LogP contribution in [0.5, 0.6) is 0 Å². The molecule has 0 fully saturated rings. The highest BCUT2D eigenvalue weighted by Gasteiger charge is 2.04. The fourth-order valence-corrected chi connectivity index (χ4v) is 2.17. The SMILES string of the molecule is OCCSc1nccn1-c1ccc(Cl)cc1. The van der Waals surface area contributed by atoms with Crippen molar-refractivity contribution in [3.8, 4) is 5.69 Å². The Kier molecular flexibility index (Phi) is 3.88. The molecule has 1 aromatic carbocycles. The number of thioether (sulfide) groups is 1. The normalized spacial score (nSPS) is 10.6. The average molecular weight is 255 g/mol. The molecule has 1 N–H and O–H groups in total.